The van der Waals surface area contributed by atoms with Crippen molar-refractivity contribution in [3.05, 3.63) is 80.0 Å². The van der Waals surface area contributed by atoms with Crippen molar-refractivity contribution in [2.45, 2.75) is 6.92 Å². The fourth-order valence-electron chi connectivity index (χ4n) is 3.09. The largest absolute Gasteiger partial charge is 0.493 e. The van der Waals surface area contributed by atoms with Crippen molar-refractivity contribution in [3.8, 4) is 11.5 Å². The van der Waals surface area contributed by atoms with Crippen LogP contribution < -0.4 is 14.5 Å². The van der Waals surface area contributed by atoms with Gasteiger partial charge >= 0.3 is 5.97 Å². The smallest absolute Gasteiger partial charge is 0.353 e. The number of hydrazone groups is 1. The van der Waals surface area contributed by atoms with Gasteiger partial charge in [0.05, 0.1) is 24.1 Å². The van der Waals surface area contributed by atoms with E-state index >= 15 is 0 Å². The van der Waals surface area contributed by atoms with Gasteiger partial charge in [0.25, 0.3) is 5.91 Å². The van der Waals surface area contributed by atoms with E-state index in [2.05, 4.69) is 5.10 Å². The lowest BCUT2D eigenvalue weighted by atomic mass is 10.1. The number of thiophene rings is 1. The minimum atomic E-state index is -0.464. The molecule has 6 nitrogen and oxygen atoms in total. The molecule has 0 bridgehead atoms. The van der Waals surface area contributed by atoms with E-state index in [-0.39, 0.29) is 11.7 Å². The van der Waals surface area contributed by atoms with E-state index in [1.807, 2.05) is 0 Å². The Kier molecular flexibility index (Phi) is 6.32. The Bertz CT molecular complexity index is 1250. The zero-order valence-corrected chi connectivity index (χ0v) is 19.3. The summed E-state index contributed by atoms with van der Waals surface area (Å²) in [7, 11) is 1.48. The maximum atomic E-state index is 13.0. The molecule has 0 atom stereocenters. The molecule has 1 aliphatic heterocycles. The Labute approximate surface area is 198 Å². The van der Waals surface area contributed by atoms with Crippen LogP contribution in [0, 0.1) is 0 Å². The average molecular weight is 487 g/mol. The molecular formula is C23H16Cl2N2O4S. The third kappa shape index (κ3) is 4.55. The van der Waals surface area contributed by atoms with Gasteiger partial charge in [0, 0.05) is 10.0 Å². The summed E-state index contributed by atoms with van der Waals surface area (Å²) < 4.78 is 10.8. The molecule has 3 aromatic rings. The number of methoxy groups -OCH3 is 1. The van der Waals surface area contributed by atoms with Crippen LogP contribution in [0.15, 0.2) is 64.6 Å². The Morgan fingerprint density at radius 3 is 2.50 bits per heavy atom. The van der Waals surface area contributed by atoms with Gasteiger partial charge in [-0.1, -0.05) is 35.3 Å². The first kappa shape index (κ1) is 22.1. The summed E-state index contributed by atoms with van der Waals surface area (Å²) in [6, 6.07) is 13.3. The lowest BCUT2D eigenvalue weighted by Crippen LogP contribution is -2.21. The van der Waals surface area contributed by atoms with Gasteiger partial charge in [-0.15, -0.1) is 11.3 Å². The molecule has 4 rings (SSSR count). The minimum absolute atomic E-state index is 0.284. The first-order chi connectivity index (χ1) is 15.4. The third-order valence-electron chi connectivity index (χ3n) is 4.58. The number of amides is 1. The molecule has 0 saturated heterocycles. The molecular weight excluding hydrogens is 471 g/mol. The van der Waals surface area contributed by atoms with Crippen LogP contribution in [0.3, 0.4) is 0 Å². The number of halogens is 2. The van der Waals surface area contributed by atoms with Crippen LogP contribution in [0.2, 0.25) is 10.0 Å². The highest BCUT2D eigenvalue weighted by Gasteiger charge is 2.29. The van der Waals surface area contributed by atoms with Crippen molar-refractivity contribution in [1.29, 1.82) is 0 Å². The predicted molar refractivity (Wildman–Crippen MR) is 127 cm³/mol. The maximum Gasteiger partial charge on any atom is 0.353 e. The number of carbonyl (C=O) groups excluding carboxylic acids is 2. The zero-order chi connectivity index (χ0) is 22.8. The van der Waals surface area contributed by atoms with Gasteiger partial charge in [-0.3, -0.25) is 4.79 Å². The molecule has 1 amide bonds. The second-order valence-electron chi connectivity index (χ2n) is 6.77. The second kappa shape index (κ2) is 9.16. The van der Waals surface area contributed by atoms with E-state index in [4.69, 9.17) is 32.7 Å². The summed E-state index contributed by atoms with van der Waals surface area (Å²) in [6.45, 7) is 1.74. The maximum absolute atomic E-state index is 13.0. The van der Waals surface area contributed by atoms with E-state index in [1.54, 1.807) is 66.9 Å². The highest BCUT2D eigenvalue weighted by atomic mass is 35.5. The standard InChI is InChI=1S/C23H16Cl2N2O4S/c1-13-18(22(28)27(26-13)17-11-15(24)10-16(25)12-17)8-14-5-6-19(20(9-14)30-2)31-23(29)21-4-3-7-32-21/h3-12H,1-2H3. The second-order valence-corrected chi connectivity index (χ2v) is 8.59. The van der Waals surface area contributed by atoms with E-state index < -0.39 is 5.97 Å². The summed E-state index contributed by atoms with van der Waals surface area (Å²) in [5.41, 5.74) is 2.11. The number of ether oxygens (including phenoxy) is 2. The van der Waals surface area contributed by atoms with Crippen LogP contribution in [-0.2, 0) is 4.79 Å². The van der Waals surface area contributed by atoms with Gasteiger partial charge in [0.15, 0.2) is 11.5 Å². The van der Waals surface area contributed by atoms with E-state index in [1.165, 1.54) is 23.5 Å². The van der Waals surface area contributed by atoms with Gasteiger partial charge in [0.1, 0.15) is 4.88 Å². The van der Waals surface area contributed by atoms with Crippen molar-refractivity contribution in [3.63, 3.8) is 0 Å². The van der Waals surface area contributed by atoms with Crippen molar-refractivity contribution >= 4 is 63.9 Å². The van der Waals surface area contributed by atoms with Crippen molar-refractivity contribution in [1.82, 2.24) is 0 Å². The van der Waals surface area contributed by atoms with Crippen molar-refractivity contribution in [2.75, 3.05) is 12.1 Å². The first-order valence-electron chi connectivity index (χ1n) is 9.37. The number of hydrogen-bond donors (Lipinski definition) is 0. The summed E-state index contributed by atoms with van der Waals surface area (Å²) in [6.07, 6.45) is 1.70. The molecule has 0 spiro atoms. The van der Waals surface area contributed by atoms with Gasteiger partial charge in [-0.05, 0) is 60.3 Å². The molecule has 162 valence electrons. The van der Waals surface area contributed by atoms with E-state index in [0.29, 0.717) is 43.2 Å². The molecule has 0 fully saturated rings. The number of esters is 1. The van der Waals surface area contributed by atoms with Crippen molar-refractivity contribution < 1.29 is 19.1 Å². The van der Waals surface area contributed by atoms with Crippen molar-refractivity contribution in [2.24, 2.45) is 5.10 Å². The number of carbonyl (C=O) groups is 2. The van der Waals surface area contributed by atoms with Gasteiger partial charge in [-0.25, -0.2) is 4.79 Å². The number of rotatable bonds is 5. The molecule has 0 radical (unpaired) electrons. The Hall–Kier alpha value is -3.13. The monoisotopic (exact) mass is 486 g/mol. The average Bonchev–Trinajstić information content (AvgIpc) is 3.38. The molecule has 32 heavy (non-hydrogen) atoms. The van der Waals surface area contributed by atoms with Crippen LogP contribution in [0.4, 0.5) is 5.69 Å². The molecule has 0 N–H and O–H groups in total. The molecule has 0 aliphatic carbocycles. The third-order valence-corrected chi connectivity index (χ3v) is 5.86. The Morgan fingerprint density at radius 1 is 1.09 bits per heavy atom. The van der Waals surface area contributed by atoms with Gasteiger partial charge < -0.3 is 9.47 Å². The Morgan fingerprint density at radius 2 is 1.84 bits per heavy atom. The summed E-state index contributed by atoms with van der Waals surface area (Å²) >= 11 is 13.4. The van der Waals surface area contributed by atoms with E-state index in [0.717, 1.165) is 0 Å². The summed E-state index contributed by atoms with van der Waals surface area (Å²) in [5, 5.41) is 8.21. The molecule has 2 aromatic carbocycles. The number of nitrogens with zero attached hydrogens (tertiary/aromatic N) is 2. The quantitative estimate of drug-likeness (QED) is 0.248. The normalized spacial score (nSPS) is 14.6. The number of benzene rings is 2. The lowest BCUT2D eigenvalue weighted by molar-refractivity contribution is -0.114. The fraction of sp³-hybridized carbons (Fsp3) is 0.0870. The topological polar surface area (TPSA) is 68.2 Å². The number of anilines is 1. The summed E-state index contributed by atoms with van der Waals surface area (Å²) in [4.78, 5) is 25.7. The Balaban J connectivity index is 1.60. The van der Waals surface area contributed by atoms with Crippen LogP contribution >= 0.6 is 34.5 Å². The van der Waals surface area contributed by atoms with Crippen LogP contribution in [0.1, 0.15) is 22.2 Å². The van der Waals surface area contributed by atoms with Gasteiger partial charge in [-0.2, -0.15) is 10.1 Å². The zero-order valence-electron chi connectivity index (χ0n) is 17.0. The SMILES string of the molecule is COc1cc(C=C2C(=O)N(c3cc(Cl)cc(Cl)c3)N=C2C)ccc1OC(=O)c1cccs1. The molecule has 0 saturated carbocycles. The fourth-order valence-corrected chi connectivity index (χ4v) is 4.20. The highest BCUT2D eigenvalue weighted by molar-refractivity contribution is 7.12. The molecule has 0 unspecified atom stereocenters. The van der Waals surface area contributed by atoms with Gasteiger partial charge in [0.2, 0.25) is 0 Å². The molecule has 9 heteroatoms. The van der Waals surface area contributed by atoms with Crippen LogP contribution in [-0.4, -0.2) is 24.7 Å². The minimum Gasteiger partial charge on any atom is -0.493 e. The first-order valence-corrected chi connectivity index (χ1v) is 11.0. The van der Waals surface area contributed by atoms with E-state index in [9.17, 15) is 9.59 Å². The molecule has 1 aliphatic rings. The lowest BCUT2D eigenvalue weighted by Gasteiger charge is -2.12. The molecule has 2 heterocycles. The highest BCUT2D eigenvalue weighted by Crippen LogP contribution is 2.33. The van der Waals surface area contributed by atoms with Crippen LogP contribution in [0.5, 0.6) is 11.5 Å². The number of hydrogen-bond acceptors (Lipinski definition) is 6. The summed E-state index contributed by atoms with van der Waals surface area (Å²) in [5.74, 6) is -0.128. The molecule has 1 aromatic heterocycles. The predicted octanol–water partition coefficient (Wildman–Crippen LogP) is 6.09. The van der Waals surface area contributed by atoms with Crippen LogP contribution in [0.25, 0.3) is 6.08 Å².